The summed E-state index contributed by atoms with van der Waals surface area (Å²) in [6, 6.07) is 17.2. The van der Waals surface area contributed by atoms with Gasteiger partial charge in [-0.3, -0.25) is 14.5 Å². The molecule has 3 aromatic rings. The molecule has 246 valence electrons. The number of carbonyl (C=O) groups excluding carboxylic acids is 2. The van der Waals surface area contributed by atoms with E-state index in [0.717, 1.165) is 19.6 Å². The molecule has 2 aliphatic rings. The number of nitrogens with one attached hydrogen (secondary N) is 1. The first-order valence-corrected chi connectivity index (χ1v) is 16.2. The fourth-order valence-corrected chi connectivity index (χ4v) is 6.20. The first-order chi connectivity index (χ1) is 22.0. The number of amides is 2. The van der Waals surface area contributed by atoms with Gasteiger partial charge in [-0.15, -0.1) is 0 Å². The summed E-state index contributed by atoms with van der Waals surface area (Å²) < 4.78 is 33.0. The highest BCUT2D eigenvalue weighted by molar-refractivity contribution is 6.30. The Balaban J connectivity index is 1.49. The van der Waals surface area contributed by atoms with Crippen LogP contribution in [0.5, 0.6) is 11.5 Å². The standard InChI is InChI=1S/C36H43ClFN3O5/c1-36(2,3)23-41-29-15-14-25(37)20-27(29)33(26-11-9-13-30(34(26)44-4)45-19-18-40-16-7-8-17-40)46-31(35(41)43)21-32(42)39-22-24-10-5-6-12-28(24)38/h5-6,9-15,20,31,33H,7-8,16-19,21-23H2,1-4H3,(H,39,42). The Hall–Kier alpha value is -3.66. The first kappa shape index (κ1) is 33.7. The minimum Gasteiger partial charge on any atom is -0.492 e. The lowest BCUT2D eigenvalue weighted by Gasteiger charge is -2.31. The molecule has 2 heterocycles. The monoisotopic (exact) mass is 651 g/mol. The summed E-state index contributed by atoms with van der Waals surface area (Å²) >= 11 is 6.55. The van der Waals surface area contributed by atoms with E-state index < -0.39 is 23.9 Å². The third-order valence-electron chi connectivity index (χ3n) is 8.20. The number of para-hydroxylation sites is 1. The molecule has 2 unspecified atom stereocenters. The lowest BCUT2D eigenvalue weighted by atomic mass is 9.94. The molecule has 2 amide bonds. The number of hydrogen-bond acceptors (Lipinski definition) is 6. The van der Waals surface area contributed by atoms with Crippen molar-refractivity contribution >= 4 is 29.1 Å². The molecule has 0 radical (unpaired) electrons. The number of anilines is 1. The maximum Gasteiger partial charge on any atom is 0.256 e. The van der Waals surface area contributed by atoms with Crippen LogP contribution in [-0.4, -0.2) is 62.7 Å². The Kier molecular flexibility index (Phi) is 10.9. The molecule has 0 bridgehead atoms. The zero-order chi connectivity index (χ0) is 32.8. The van der Waals surface area contributed by atoms with E-state index >= 15 is 0 Å². The smallest absolute Gasteiger partial charge is 0.256 e. The Morgan fingerprint density at radius 3 is 2.54 bits per heavy atom. The first-order valence-electron chi connectivity index (χ1n) is 15.8. The van der Waals surface area contributed by atoms with Crippen molar-refractivity contribution in [1.29, 1.82) is 0 Å². The van der Waals surface area contributed by atoms with Crippen LogP contribution >= 0.6 is 11.6 Å². The number of carbonyl (C=O) groups is 2. The Bertz CT molecular complexity index is 1540. The van der Waals surface area contributed by atoms with Crippen molar-refractivity contribution in [3.8, 4) is 11.5 Å². The lowest BCUT2D eigenvalue weighted by molar-refractivity contribution is -0.138. The number of benzene rings is 3. The van der Waals surface area contributed by atoms with Gasteiger partial charge < -0.3 is 24.4 Å². The van der Waals surface area contributed by atoms with Crippen LogP contribution in [0, 0.1) is 11.2 Å². The summed E-state index contributed by atoms with van der Waals surface area (Å²) in [7, 11) is 1.58. The molecular weight excluding hydrogens is 609 g/mol. The number of likely N-dealkylation sites (tertiary alicyclic amines) is 1. The van der Waals surface area contributed by atoms with Crippen LogP contribution in [0.3, 0.4) is 0 Å². The number of ether oxygens (including phenoxy) is 3. The van der Waals surface area contributed by atoms with E-state index in [4.69, 9.17) is 25.8 Å². The van der Waals surface area contributed by atoms with Gasteiger partial charge >= 0.3 is 0 Å². The molecule has 1 N–H and O–H groups in total. The highest BCUT2D eigenvalue weighted by Crippen LogP contribution is 2.45. The van der Waals surface area contributed by atoms with Gasteiger partial charge in [-0.05, 0) is 61.7 Å². The molecule has 10 heteroatoms. The van der Waals surface area contributed by atoms with E-state index in [1.54, 1.807) is 42.3 Å². The van der Waals surface area contributed by atoms with Crippen LogP contribution in [-0.2, 0) is 20.9 Å². The van der Waals surface area contributed by atoms with E-state index in [0.29, 0.717) is 52.1 Å². The fourth-order valence-electron chi connectivity index (χ4n) is 6.02. The topological polar surface area (TPSA) is 80.3 Å². The molecule has 0 saturated carbocycles. The number of nitrogens with zero attached hydrogens (tertiary/aromatic N) is 2. The second-order valence-electron chi connectivity index (χ2n) is 13.0. The van der Waals surface area contributed by atoms with Crippen LogP contribution < -0.4 is 19.7 Å². The zero-order valence-corrected chi connectivity index (χ0v) is 27.7. The van der Waals surface area contributed by atoms with Crippen LogP contribution in [0.25, 0.3) is 0 Å². The van der Waals surface area contributed by atoms with Gasteiger partial charge in [-0.25, -0.2) is 4.39 Å². The van der Waals surface area contributed by atoms with E-state index in [-0.39, 0.29) is 24.3 Å². The fraction of sp³-hybridized carbons (Fsp3) is 0.444. The van der Waals surface area contributed by atoms with E-state index in [9.17, 15) is 14.0 Å². The van der Waals surface area contributed by atoms with Crippen LogP contribution in [0.15, 0.2) is 60.7 Å². The summed E-state index contributed by atoms with van der Waals surface area (Å²) in [4.78, 5) is 31.6. The van der Waals surface area contributed by atoms with Crippen molar-refractivity contribution in [2.45, 2.75) is 58.8 Å². The summed E-state index contributed by atoms with van der Waals surface area (Å²) in [6.07, 6.45) is 0.174. The van der Waals surface area contributed by atoms with Crippen LogP contribution in [0.2, 0.25) is 5.02 Å². The third-order valence-corrected chi connectivity index (χ3v) is 8.44. The lowest BCUT2D eigenvalue weighted by Crippen LogP contribution is -2.45. The van der Waals surface area contributed by atoms with E-state index in [1.807, 2.05) is 45.0 Å². The van der Waals surface area contributed by atoms with Gasteiger partial charge in [0.25, 0.3) is 5.91 Å². The predicted octanol–water partition coefficient (Wildman–Crippen LogP) is 6.54. The van der Waals surface area contributed by atoms with Crippen LogP contribution in [0.1, 0.15) is 62.8 Å². The molecule has 46 heavy (non-hydrogen) atoms. The average molecular weight is 652 g/mol. The molecule has 5 rings (SSSR count). The highest BCUT2D eigenvalue weighted by atomic mass is 35.5. The Labute approximate surface area is 275 Å². The van der Waals surface area contributed by atoms with Crippen molar-refractivity contribution in [3.05, 3.63) is 88.2 Å². The third kappa shape index (κ3) is 8.18. The number of hydrogen-bond donors (Lipinski definition) is 1. The molecule has 0 aromatic heterocycles. The van der Waals surface area contributed by atoms with Gasteiger partial charge in [0, 0.05) is 47.0 Å². The maximum absolute atomic E-state index is 14.3. The number of methoxy groups -OCH3 is 1. The zero-order valence-electron chi connectivity index (χ0n) is 27.0. The van der Waals surface area contributed by atoms with Gasteiger partial charge in [0.15, 0.2) is 11.5 Å². The van der Waals surface area contributed by atoms with Gasteiger partial charge in [0.05, 0.1) is 13.5 Å². The molecule has 2 aliphatic heterocycles. The van der Waals surface area contributed by atoms with Gasteiger partial charge in [-0.2, -0.15) is 0 Å². The minimum absolute atomic E-state index is 0.0119. The number of halogens is 2. The van der Waals surface area contributed by atoms with E-state index in [1.165, 1.54) is 18.9 Å². The second-order valence-corrected chi connectivity index (χ2v) is 13.5. The molecule has 8 nitrogen and oxygen atoms in total. The minimum atomic E-state index is -1.15. The molecule has 1 saturated heterocycles. The molecule has 2 atom stereocenters. The largest absolute Gasteiger partial charge is 0.492 e. The Morgan fingerprint density at radius 1 is 1.07 bits per heavy atom. The summed E-state index contributed by atoms with van der Waals surface area (Å²) in [5.41, 5.74) is 2.04. The Morgan fingerprint density at radius 2 is 1.83 bits per heavy atom. The SMILES string of the molecule is COc1c(OCCN2CCCC2)cccc1C1OC(CC(=O)NCc2ccccc2F)C(=O)N(CC(C)(C)C)c2ccc(Cl)cc21. The van der Waals surface area contributed by atoms with Crippen molar-refractivity contribution in [2.24, 2.45) is 5.41 Å². The quantitative estimate of drug-likeness (QED) is 0.254. The van der Waals surface area contributed by atoms with Gasteiger partial charge in [-0.1, -0.05) is 62.7 Å². The van der Waals surface area contributed by atoms with Gasteiger partial charge in [0.2, 0.25) is 5.91 Å². The highest BCUT2D eigenvalue weighted by Gasteiger charge is 2.40. The number of rotatable bonds is 11. The maximum atomic E-state index is 14.3. The predicted molar refractivity (Wildman–Crippen MR) is 177 cm³/mol. The molecule has 3 aromatic carbocycles. The summed E-state index contributed by atoms with van der Waals surface area (Å²) in [6.45, 7) is 9.94. The summed E-state index contributed by atoms with van der Waals surface area (Å²) in [5.74, 6) is -0.153. The van der Waals surface area contributed by atoms with Gasteiger partial charge in [0.1, 0.15) is 24.6 Å². The molecule has 0 aliphatic carbocycles. The average Bonchev–Trinajstić information content (AvgIpc) is 3.51. The van der Waals surface area contributed by atoms with Crippen molar-refractivity contribution < 1.29 is 28.2 Å². The molecule has 0 spiro atoms. The van der Waals surface area contributed by atoms with E-state index in [2.05, 4.69) is 10.2 Å². The van der Waals surface area contributed by atoms with Crippen molar-refractivity contribution in [2.75, 3.05) is 44.8 Å². The normalized spacial score (nSPS) is 18.7. The summed E-state index contributed by atoms with van der Waals surface area (Å²) in [5, 5.41) is 3.23. The molecular formula is C36H43ClFN3O5. The molecule has 1 fully saturated rings. The second kappa shape index (κ2) is 14.8. The van der Waals surface area contributed by atoms with Crippen molar-refractivity contribution in [1.82, 2.24) is 10.2 Å². The van der Waals surface area contributed by atoms with Crippen molar-refractivity contribution in [3.63, 3.8) is 0 Å². The number of fused-ring (bicyclic) bond motifs is 1. The van der Waals surface area contributed by atoms with Crippen LogP contribution in [0.4, 0.5) is 10.1 Å².